The van der Waals surface area contributed by atoms with Gasteiger partial charge in [0, 0.05) is 37.0 Å². The maximum atomic E-state index is 13.7. The number of aromatic nitrogens is 4. The first-order valence-electron chi connectivity index (χ1n) is 10.1. The standard InChI is InChI=1S/C21H21F3N6O.CH2O2/c1-13-20(14(2)31-28-13)30-12-26-17-10-16(4-5-18(17)30)27-19(21(22,23)24)11-29-8-6-15(25-3)7-9-29;2-1-3/h4-10,12,19,27H,11H2,1-3H3;1H,(H,2,3). The maximum Gasteiger partial charge on any atom is 0.414 e. The topological polar surface area (TPSA) is 112 Å². The van der Waals surface area contributed by atoms with Crippen molar-refractivity contribution in [2.45, 2.75) is 32.6 Å². The van der Waals surface area contributed by atoms with E-state index in [1.54, 1.807) is 63.0 Å². The van der Waals surface area contributed by atoms with Gasteiger partial charge in [0.25, 0.3) is 0 Å². The number of carbonyl (C=O) groups excluding carboxylic acids is 1. The van der Waals surface area contributed by atoms with Crippen LogP contribution in [0.5, 0.6) is 0 Å². The Labute approximate surface area is 192 Å². The first-order valence-corrected chi connectivity index (χ1v) is 10.1. The number of benzene rings is 1. The number of fused-ring (bicyclic) bond motifs is 1. The van der Waals surface area contributed by atoms with Crippen molar-refractivity contribution in [3.63, 3.8) is 0 Å². The summed E-state index contributed by atoms with van der Waals surface area (Å²) in [6, 6.07) is 6.64. The number of anilines is 2. The average molecular weight is 476 g/mol. The van der Waals surface area contributed by atoms with Gasteiger partial charge in [0.2, 0.25) is 0 Å². The molecule has 0 aliphatic heterocycles. The summed E-state index contributed by atoms with van der Waals surface area (Å²) in [6.07, 6.45) is 0.405. The Hall–Kier alpha value is -4.09. The van der Waals surface area contributed by atoms with E-state index in [1.165, 1.54) is 4.57 Å². The highest BCUT2D eigenvalue weighted by molar-refractivity contribution is 5.81. The van der Waals surface area contributed by atoms with Gasteiger partial charge in [0.1, 0.15) is 17.7 Å². The maximum absolute atomic E-state index is 13.7. The van der Waals surface area contributed by atoms with E-state index in [1.807, 2.05) is 11.5 Å². The van der Waals surface area contributed by atoms with Gasteiger partial charge in [-0.3, -0.25) is 4.57 Å². The van der Waals surface area contributed by atoms with E-state index in [-0.39, 0.29) is 6.54 Å². The molecule has 12 heteroatoms. The quantitative estimate of drug-likeness (QED) is 0.325. The second-order valence-corrected chi connectivity index (χ2v) is 7.36. The van der Waals surface area contributed by atoms with Crippen molar-refractivity contribution in [3.05, 3.63) is 60.5 Å². The van der Waals surface area contributed by atoms with Gasteiger partial charge < -0.3 is 25.1 Å². The first-order chi connectivity index (χ1) is 16.2. The van der Waals surface area contributed by atoms with Crippen molar-refractivity contribution in [2.24, 2.45) is 0 Å². The molecule has 0 aliphatic carbocycles. The summed E-state index contributed by atoms with van der Waals surface area (Å²) in [5.41, 5.74) is 3.96. The van der Waals surface area contributed by atoms with Crippen LogP contribution in [0.4, 0.5) is 24.5 Å². The Kier molecular flexibility index (Phi) is 7.39. The van der Waals surface area contributed by atoms with Gasteiger partial charge in [-0.25, -0.2) is 9.55 Å². The van der Waals surface area contributed by atoms with Crippen molar-refractivity contribution in [1.29, 1.82) is 0 Å². The van der Waals surface area contributed by atoms with Crippen molar-refractivity contribution in [3.8, 4) is 5.69 Å². The number of rotatable bonds is 6. The number of carboxylic acid groups (broad SMARTS) is 1. The number of nitrogens with zero attached hydrogens (tertiary/aromatic N) is 4. The molecule has 0 saturated carbocycles. The van der Waals surface area contributed by atoms with Crippen LogP contribution < -0.4 is 20.3 Å². The summed E-state index contributed by atoms with van der Waals surface area (Å²) < 4.78 is 49.6. The fourth-order valence-electron chi connectivity index (χ4n) is 3.49. The van der Waals surface area contributed by atoms with Gasteiger partial charge in [0.15, 0.2) is 30.7 Å². The number of pyridine rings is 1. The third-order valence-corrected chi connectivity index (χ3v) is 5.09. The lowest BCUT2D eigenvalue weighted by atomic mass is 10.2. The van der Waals surface area contributed by atoms with Gasteiger partial charge in [-0.15, -0.1) is 0 Å². The molecular formula is C22H23F3N6O3. The molecule has 4 aromatic rings. The van der Waals surface area contributed by atoms with Crippen LogP contribution in [0, 0.1) is 13.8 Å². The zero-order valence-electron chi connectivity index (χ0n) is 18.6. The molecule has 0 amide bonds. The monoisotopic (exact) mass is 476 g/mol. The third-order valence-electron chi connectivity index (χ3n) is 5.09. The number of alkyl halides is 3. The Balaban J connectivity index is 0.00000103. The number of nitrogens with one attached hydrogen (secondary N) is 2. The molecule has 0 spiro atoms. The molecule has 0 fully saturated rings. The van der Waals surface area contributed by atoms with Crippen molar-refractivity contribution >= 4 is 28.9 Å². The SMILES string of the molecule is CNc1cc[n+](CC(Nc2ccc3c(c2)ncn3-c2c(C)noc2C)C(F)(F)F)cc1.O=C[O-]. The Morgan fingerprint density at radius 2 is 1.88 bits per heavy atom. The number of imidazole rings is 1. The van der Waals surface area contributed by atoms with Gasteiger partial charge in [0.05, 0.1) is 11.0 Å². The van der Waals surface area contributed by atoms with Crippen molar-refractivity contribution in [2.75, 3.05) is 17.7 Å². The molecule has 0 radical (unpaired) electrons. The van der Waals surface area contributed by atoms with Gasteiger partial charge in [-0.1, -0.05) is 5.16 Å². The second-order valence-electron chi connectivity index (χ2n) is 7.36. The van der Waals surface area contributed by atoms with E-state index >= 15 is 0 Å². The fourth-order valence-corrected chi connectivity index (χ4v) is 3.49. The zero-order valence-corrected chi connectivity index (χ0v) is 18.6. The van der Waals surface area contributed by atoms with Crippen molar-refractivity contribution < 1.29 is 32.2 Å². The van der Waals surface area contributed by atoms with Crippen LogP contribution in [0.3, 0.4) is 0 Å². The molecule has 9 nitrogen and oxygen atoms in total. The average Bonchev–Trinajstić information content (AvgIpc) is 3.35. The minimum absolute atomic E-state index is 0.265. The molecule has 1 aromatic carbocycles. The Morgan fingerprint density at radius 3 is 2.44 bits per heavy atom. The van der Waals surface area contributed by atoms with E-state index in [4.69, 9.17) is 14.4 Å². The summed E-state index contributed by atoms with van der Waals surface area (Å²) in [6.45, 7) is 2.85. The van der Waals surface area contributed by atoms with Gasteiger partial charge in [-0.05, 0) is 32.0 Å². The molecule has 2 N–H and O–H groups in total. The summed E-state index contributed by atoms with van der Waals surface area (Å²) in [5, 5.41) is 17.8. The zero-order chi connectivity index (χ0) is 24.9. The molecule has 0 aliphatic rings. The molecule has 0 saturated heterocycles. The largest absolute Gasteiger partial charge is 0.554 e. The van der Waals surface area contributed by atoms with Crippen LogP contribution in [-0.2, 0) is 11.3 Å². The van der Waals surface area contributed by atoms with E-state index in [9.17, 15) is 13.2 Å². The lowest BCUT2D eigenvalue weighted by Gasteiger charge is -2.20. The number of carbonyl (C=O) groups is 1. The first kappa shape index (κ1) is 24.6. The molecule has 1 unspecified atom stereocenters. The lowest BCUT2D eigenvalue weighted by molar-refractivity contribution is -0.701. The van der Waals surface area contributed by atoms with Crippen LogP contribution in [0.25, 0.3) is 16.7 Å². The second kappa shape index (κ2) is 10.2. The van der Waals surface area contributed by atoms with E-state index in [0.717, 1.165) is 16.9 Å². The summed E-state index contributed by atoms with van der Waals surface area (Å²) in [5.74, 6) is 0.637. The molecule has 0 bridgehead atoms. The highest BCUT2D eigenvalue weighted by atomic mass is 19.4. The number of hydrogen-bond acceptors (Lipinski definition) is 7. The summed E-state index contributed by atoms with van der Waals surface area (Å²) in [4.78, 5) is 12.6. The van der Waals surface area contributed by atoms with Crippen LogP contribution >= 0.6 is 0 Å². The van der Waals surface area contributed by atoms with Crippen LogP contribution in [-0.4, -0.2) is 40.4 Å². The number of halogens is 3. The molecular weight excluding hydrogens is 453 g/mol. The number of hydrogen-bond donors (Lipinski definition) is 2. The molecule has 1 atom stereocenters. The molecule has 180 valence electrons. The molecule has 34 heavy (non-hydrogen) atoms. The van der Waals surface area contributed by atoms with E-state index in [0.29, 0.717) is 22.7 Å². The van der Waals surface area contributed by atoms with E-state index < -0.39 is 18.7 Å². The normalized spacial score (nSPS) is 12.1. The minimum Gasteiger partial charge on any atom is -0.554 e. The van der Waals surface area contributed by atoms with Crippen molar-refractivity contribution in [1.82, 2.24) is 14.7 Å². The van der Waals surface area contributed by atoms with Crippen LogP contribution in [0.2, 0.25) is 0 Å². The predicted molar refractivity (Wildman–Crippen MR) is 116 cm³/mol. The Morgan fingerprint density at radius 1 is 1.21 bits per heavy atom. The lowest BCUT2D eigenvalue weighted by Crippen LogP contribution is -2.49. The summed E-state index contributed by atoms with van der Waals surface area (Å²) in [7, 11) is 1.75. The van der Waals surface area contributed by atoms with Crippen LogP contribution in [0.15, 0.2) is 53.6 Å². The molecule has 3 aromatic heterocycles. The summed E-state index contributed by atoms with van der Waals surface area (Å²) >= 11 is 0. The van der Waals surface area contributed by atoms with Gasteiger partial charge >= 0.3 is 6.18 Å². The minimum atomic E-state index is -4.43. The van der Waals surface area contributed by atoms with Crippen LogP contribution in [0.1, 0.15) is 11.5 Å². The molecule has 3 heterocycles. The smallest absolute Gasteiger partial charge is 0.414 e. The number of aryl methyl sites for hydroxylation is 2. The predicted octanol–water partition coefficient (Wildman–Crippen LogP) is 2.37. The van der Waals surface area contributed by atoms with Gasteiger partial charge in [-0.2, -0.15) is 13.2 Å². The third kappa shape index (κ3) is 5.45. The van der Waals surface area contributed by atoms with E-state index in [2.05, 4.69) is 20.8 Å². The highest BCUT2D eigenvalue weighted by Crippen LogP contribution is 2.28. The Bertz CT molecular complexity index is 1230. The fraction of sp³-hybridized carbons (Fsp3) is 0.273. The highest BCUT2D eigenvalue weighted by Gasteiger charge is 2.42. The molecule has 4 rings (SSSR count).